The average molecular weight is 301 g/mol. The van der Waals surface area contributed by atoms with E-state index in [9.17, 15) is 17.6 Å². The van der Waals surface area contributed by atoms with Crippen LogP contribution in [0.15, 0.2) is 35.7 Å². The molecule has 1 rings (SSSR count). The molecule has 0 bridgehead atoms. The third kappa shape index (κ3) is 3.64. The Balaban J connectivity index is 3.03. The van der Waals surface area contributed by atoms with Crippen LogP contribution < -0.4 is 0 Å². The van der Waals surface area contributed by atoms with Crippen molar-refractivity contribution in [2.75, 3.05) is 13.6 Å². The summed E-state index contributed by atoms with van der Waals surface area (Å²) in [5.41, 5.74) is -0.296. The van der Waals surface area contributed by atoms with Gasteiger partial charge in [-0.3, -0.25) is 0 Å². The van der Waals surface area contributed by atoms with Crippen molar-refractivity contribution in [2.24, 2.45) is 0 Å². The van der Waals surface area contributed by atoms with Crippen molar-refractivity contribution < 1.29 is 22.7 Å². The molecule has 0 amide bonds. The number of rotatable bonds is 7. The van der Waals surface area contributed by atoms with Crippen molar-refractivity contribution in [1.82, 2.24) is 4.31 Å². The molecule has 0 atom stereocenters. The summed E-state index contributed by atoms with van der Waals surface area (Å²) in [6, 6.07) is 2.74. The lowest BCUT2D eigenvalue weighted by Gasteiger charge is -2.17. The summed E-state index contributed by atoms with van der Waals surface area (Å²) in [6.07, 6.45) is 2.90. The summed E-state index contributed by atoms with van der Waals surface area (Å²) in [4.78, 5) is 10.2. The topological polar surface area (TPSA) is 74.7 Å². The van der Waals surface area contributed by atoms with Crippen molar-refractivity contribution >= 4 is 16.0 Å². The Morgan fingerprint density at radius 2 is 2.15 bits per heavy atom. The van der Waals surface area contributed by atoms with E-state index in [1.165, 1.54) is 7.05 Å². The molecule has 0 saturated heterocycles. The van der Waals surface area contributed by atoms with Gasteiger partial charge in [-0.2, -0.15) is 0 Å². The van der Waals surface area contributed by atoms with E-state index in [1.54, 1.807) is 6.08 Å². The molecule has 1 aromatic carbocycles. The Kier molecular flexibility index (Phi) is 5.41. The Bertz CT molecular complexity index is 613. The fraction of sp³-hybridized carbons (Fsp3) is 0.308. The molecule has 5 nitrogen and oxygen atoms in total. The number of halogens is 1. The zero-order chi connectivity index (χ0) is 15.3. The quantitative estimate of drug-likeness (QED) is 0.618. The Labute approximate surface area is 117 Å². The molecule has 0 unspecified atom stereocenters. The van der Waals surface area contributed by atoms with E-state index in [1.807, 2.05) is 0 Å². The third-order valence-electron chi connectivity index (χ3n) is 2.75. The number of unbranched alkanes of at least 4 members (excludes halogenated alkanes) is 1. The fourth-order valence-corrected chi connectivity index (χ4v) is 2.84. The number of hydrogen-bond acceptors (Lipinski definition) is 3. The van der Waals surface area contributed by atoms with E-state index in [4.69, 9.17) is 5.11 Å². The smallest absolute Gasteiger partial charge is 0.335 e. The van der Waals surface area contributed by atoms with Gasteiger partial charge >= 0.3 is 5.97 Å². The van der Waals surface area contributed by atoms with Crippen molar-refractivity contribution in [1.29, 1.82) is 0 Å². The summed E-state index contributed by atoms with van der Waals surface area (Å²) in [6.45, 7) is 3.77. The van der Waals surface area contributed by atoms with E-state index in [0.29, 0.717) is 18.9 Å². The van der Waals surface area contributed by atoms with Gasteiger partial charge in [-0.15, -0.1) is 6.58 Å². The van der Waals surface area contributed by atoms with Crippen LogP contribution in [-0.4, -0.2) is 37.4 Å². The number of carboxylic acids is 1. The summed E-state index contributed by atoms with van der Waals surface area (Å²) >= 11 is 0. The summed E-state index contributed by atoms with van der Waals surface area (Å²) in [7, 11) is -2.61. The molecule has 0 aromatic heterocycles. The number of nitrogens with zero attached hydrogens (tertiary/aromatic N) is 1. The molecule has 110 valence electrons. The maximum atomic E-state index is 13.8. The van der Waals surface area contributed by atoms with Gasteiger partial charge in [0.25, 0.3) is 0 Å². The van der Waals surface area contributed by atoms with Gasteiger partial charge in [-0.1, -0.05) is 6.08 Å². The van der Waals surface area contributed by atoms with Crippen molar-refractivity contribution in [3.05, 3.63) is 42.2 Å². The van der Waals surface area contributed by atoms with Gasteiger partial charge in [0.2, 0.25) is 10.0 Å². The van der Waals surface area contributed by atoms with Crippen LogP contribution in [0.25, 0.3) is 0 Å². The number of aromatic carboxylic acids is 1. The second kappa shape index (κ2) is 6.62. The molecule has 0 aliphatic carbocycles. The molecule has 0 fully saturated rings. The zero-order valence-corrected chi connectivity index (χ0v) is 11.9. The maximum Gasteiger partial charge on any atom is 0.335 e. The minimum Gasteiger partial charge on any atom is -0.478 e. The van der Waals surface area contributed by atoms with Crippen LogP contribution in [0.3, 0.4) is 0 Å². The molecule has 0 radical (unpaired) electrons. The minimum absolute atomic E-state index is 0.231. The molecule has 7 heteroatoms. The molecule has 20 heavy (non-hydrogen) atoms. The van der Waals surface area contributed by atoms with Crippen LogP contribution in [0.2, 0.25) is 0 Å². The summed E-state index contributed by atoms with van der Waals surface area (Å²) in [5, 5.41) is 8.72. The third-order valence-corrected chi connectivity index (χ3v) is 4.64. The van der Waals surface area contributed by atoms with E-state index in [0.717, 1.165) is 16.4 Å². The molecule has 0 saturated carbocycles. The van der Waals surface area contributed by atoms with Crippen LogP contribution in [-0.2, 0) is 10.0 Å². The van der Waals surface area contributed by atoms with Gasteiger partial charge in [0.05, 0.1) is 5.56 Å². The molecular formula is C13H16FNO4S. The normalized spacial score (nSPS) is 11.6. The summed E-state index contributed by atoms with van der Waals surface area (Å²) in [5.74, 6) is -2.38. The molecular weight excluding hydrogens is 285 g/mol. The highest BCUT2D eigenvalue weighted by Crippen LogP contribution is 2.20. The van der Waals surface area contributed by atoms with E-state index < -0.39 is 26.7 Å². The SMILES string of the molecule is C=CCCCN(C)S(=O)(=O)c1ccc(C(=O)O)cc1F. The molecule has 1 aromatic rings. The van der Waals surface area contributed by atoms with Gasteiger partial charge in [-0.05, 0) is 31.0 Å². The lowest BCUT2D eigenvalue weighted by molar-refractivity contribution is 0.0696. The number of carboxylic acid groups (broad SMARTS) is 1. The van der Waals surface area contributed by atoms with Crippen LogP contribution in [0, 0.1) is 5.82 Å². The number of sulfonamides is 1. The predicted molar refractivity (Wildman–Crippen MR) is 72.6 cm³/mol. The lowest BCUT2D eigenvalue weighted by atomic mass is 10.2. The first-order chi connectivity index (χ1) is 9.30. The second-order valence-electron chi connectivity index (χ2n) is 4.21. The minimum atomic E-state index is -3.96. The van der Waals surface area contributed by atoms with Crippen LogP contribution in [0.5, 0.6) is 0 Å². The highest BCUT2D eigenvalue weighted by atomic mass is 32.2. The Morgan fingerprint density at radius 1 is 1.50 bits per heavy atom. The first kappa shape index (κ1) is 16.3. The number of hydrogen-bond donors (Lipinski definition) is 1. The first-order valence-corrected chi connectivity index (χ1v) is 7.34. The molecule has 0 spiro atoms. The Morgan fingerprint density at radius 3 is 2.65 bits per heavy atom. The van der Waals surface area contributed by atoms with Crippen molar-refractivity contribution in [3.63, 3.8) is 0 Å². The molecule has 0 heterocycles. The highest BCUT2D eigenvalue weighted by Gasteiger charge is 2.24. The molecule has 0 aliphatic heterocycles. The van der Waals surface area contributed by atoms with E-state index in [2.05, 4.69) is 6.58 Å². The van der Waals surface area contributed by atoms with Gasteiger partial charge in [0, 0.05) is 13.6 Å². The fourth-order valence-electron chi connectivity index (χ4n) is 1.59. The Hall–Kier alpha value is -1.73. The maximum absolute atomic E-state index is 13.8. The monoisotopic (exact) mass is 301 g/mol. The standard InChI is InChI=1S/C13H16FNO4S/c1-3-4-5-8-15(2)20(18,19)12-7-6-10(13(16)17)9-11(12)14/h3,6-7,9H,1,4-5,8H2,2H3,(H,16,17). The van der Waals surface area contributed by atoms with Gasteiger partial charge in [-0.25, -0.2) is 21.9 Å². The van der Waals surface area contributed by atoms with E-state index in [-0.39, 0.29) is 12.1 Å². The van der Waals surface area contributed by atoms with Crippen LogP contribution in [0.1, 0.15) is 23.2 Å². The molecule has 1 N–H and O–H groups in total. The predicted octanol–water partition coefficient (Wildman–Crippen LogP) is 2.11. The second-order valence-corrected chi connectivity index (χ2v) is 6.22. The van der Waals surface area contributed by atoms with Crippen molar-refractivity contribution in [2.45, 2.75) is 17.7 Å². The molecule has 0 aliphatic rings. The van der Waals surface area contributed by atoms with Crippen LogP contribution >= 0.6 is 0 Å². The van der Waals surface area contributed by atoms with Crippen molar-refractivity contribution in [3.8, 4) is 0 Å². The van der Waals surface area contributed by atoms with Gasteiger partial charge in [0.1, 0.15) is 10.7 Å². The van der Waals surface area contributed by atoms with Gasteiger partial charge < -0.3 is 5.11 Å². The highest BCUT2D eigenvalue weighted by molar-refractivity contribution is 7.89. The number of carbonyl (C=O) groups is 1. The summed E-state index contributed by atoms with van der Waals surface area (Å²) < 4.78 is 39.1. The zero-order valence-electron chi connectivity index (χ0n) is 11.0. The number of allylic oxidation sites excluding steroid dienone is 1. The van der Waals surface area contributed by atoms with Gasteiger partial charge in [0.15, 0.2) is 0 Å². The lowest BCUT2D eigenvalue weighted by Crippen LogP contribution is -2.28. The first-order valence-electron chi connectivity index (χ1n) is 5.90. The average Bonchev–Trinajstić information content (AvgIpc) is 2.38. The van der Waals surface area contributed by atoms with Crippen LogP contribution in [0.4, 0.5) is 4.39 Å². The number of benzene rings is 1. The van der Waals surface area contributed by atoms with E-state index >= 15 is 0 Å². The largest absolute Gasteiger partial charge is 0.478 e.